The number of carbonyl (C=O) groups is 1. The SMILES string of the molecule is CC(=O)/C=C(/C)O.[Eu].[c-]1cccc2ccc3cccnc3c12. The first-order valence-electron chi connectivity index (χ1n) is 6.60. The number of rotatable bonds is 1. The Kier molecular flexibility index (Phi) is 7.87. The van der Waals surface area contributed by atoms with Crippen molar-refractivity contribution >= 4 is 27.5 Å². The molecule has 0 aliphatic carbocycles. The van der Waals surface area contributed by atoms with Gasteiger partial charge < -0.3 is 10.1 Å². The summed E-state index contributed by atoms with van der Waals surface area (Å²) in [4.78, 5) is 14.4. The standard InChI is InChI=1S/C13H8N.C5H8O2.Eu/c1-2-6-12-10(4-1)7-8-11-5-3-9-14-13(11)12;1-4(6)3-5(2)7;/h1-5,7-9H;3,6H,1-2H3;/q-1;;/b;4-3-;. The molecule has 0 atom stereocenters. The van der Waals surface area contributed by atoms with E-state index >= 15 is 0 Å². The Hall–Kier alpha value is -1.10. The summed E-state index contributed by atoms with van der Waals surface area (Å²) in [7, 11) is 0. The van der Waals surface area contributed by atoms with Gasteiger partial charge in [-0.2, -0.15) is 0 Å². The molecule has 0 saturated heterocycles. The van der Waals surface area contributed by atoms with E-state index in [4.69, 9.17) is 5.11 Å². The van der Waals surface area contributed by atoms with Crippen LogP contribution < -0.4 is 0 Å². The molecule has 0 saturated carbocycles. The predicted octanol–water partition coefficient (Wildman–Crippen LogP) is 4.23. The molecule has 22 heavy (non-hydrogen) atoms. The van der Waals surface area contributed by atoms with E-state index in [1.54, 1.807) is 0 Å². The van der Waals surface area contributed by atoms with E-state index < -0.39 is 0 Å². The van der Waals surface area contributed by atoms with Gasteiger partial charge in [-0.1, -0.05) is 18.2 Å². The van der Waals surface area contributed by atoms with E-state index in [-0.39, 0.29) is 60.9 Å². The molecule has 1 radical (unpaired) electrons. The molecule has 0 spiro atoms. The van der Waals surface area contributed by atoms with Gasteiger partial charge in [-0.15, -0.1) is 35.0 Å². The molecule has 113 valence electrons. The van der Waals surface area contributed by atoms with Crippen LogP contribution in [0.4, 0.5) is 0 Å². The Bertz CT molecular complexity index is 753. The minimum Gasteiger partial charge on any atom is -0.512 e. The van der Waals surface area contributed by atoms with Gasteiger partial charge in [0.1, 0.15) is 0 Å². The Morgan fingerprint density at radius 2 is 1.82 bits per heavy atom. The van der Waals surface area contributed by atoms with Crippen molar-refractivity contribution in [3.05, 3.63) is 66.6 Å². The van der Waals surface area contributed by atoms with Crippen molar-refractivity contribution in [3.63, 3.8) is 0 Å². The van der Waals surface area contributed by atoms with Crippen molar-refractivity contribution < 1.29 is 59.3 Å². The van der Waals surface area contributed by atoms with E-state index in [2.05, 4.69) is 35.3 Å². The summed E-state index contributed by atoms with van der Waals surface area (Å²) < 4.78 is 0. The third-order valence-electron chi connectivity index (χ3n) is 2.82. The van der Waals surface area contributed by atoms with Crippen molar-refractivity contribution in [2.24, 2.45) is 0 Å². The molecule has 3 nitrogen and oxygen atoms in total. The zero-order valence-corrected chi connectivity index (χ0v) is 14.8. The first-order chi connectivity index (χ1) is 10.1. The van der Waals surface area contributed by atoms with Crippen molar-refractivity contribution in [2.75, 3.05) is 0 Å². The van der Waals surface area contributed by atoms with Gasteiger partial charge in [0.05, 0.1) is 5.76 Å². The fourth-order valence-corrected chi connectivity index (χ4v) is 2.03. The zero-order chi connectivity index (χ0) is 15.2. The van der Waals surface area contributed by atoms with Crippen LogP contribution in [0.25, 0.3) is 21.7 Å². The predicted molar refractivity (Wildman–Crippen MR) is 85.2 cm³/mol. The Balaban J connectivity index is 0.000000264. The Labute approximate surface area is 170 Å². The number of hydrogen-bond acceptors (Lipinski definition) is 3. The molecular weight excluding hydrogens is 414 g/mol. The second kappa shape index (κ2) is 9.14. The maximum atomic E-state index is 10.0. The van der Waals surface area contributed by atoms with Gasteiger partial charge in [0.25, 0.3) is 0 Å². The largest absolute Gasteiger partial charge is 0.512 e. The Morgan fingerprint density at radius 3 is 2.45 bits per heavy atom. The fourth-order valence-electron chi connectivity index (χ4n) is 2.03. The number of aliphatic hydroxyl groups excluding tert-OH is 1. The van der Waals surface area contributed by atoms with Crippen LogP contribution in [0.2, 0.25) is 0 Å². The average Bonchev–Trinajstić information content (AvgIpc) is 2.46. The van der Waals surface area contributed by atoms with Crippen LogP contribution in [0.3, 0.4) is 0 Å². The van der Waals surface area contributed by atoms with Gasteiger partial charge in [0, 0.05) is 61.6 Å². The fraction of sp³-hybridized carbons (Fsp3) is 0.111. The van der Waals surface area contributed by atoms with Gasteiger partial charge in [0.15, 0.2) is 5.78 Å². The summed E-state index contributed by atoms with van der Waals surface area (Å²) in [6, 6.07) is 17.5. The topological polar surface area (TPSA) is 50.2 Å². The maximum Gasteiger partial charge on any atom is 0.155 e. The summed E-state index contributed by atoms with van der Waals surface area (Å²) in [6.07, 6.45) is 2.99. The molecular formula is C18H16EuNO2-. The Morgan fingerprint density at radius 1 is 1.14 bits per heavy atom. The quantitative estimate of drug-likeness (QED) is 0.272. The average molecular weight is 430 g/mol. The monoisotopic (exact) mass is 431 g/mol. The third-order valence-corrected chi connectivity index (χ3v) is 2.82. The van der Waals surface area contributed by atoms with E-state index in [9.17, 15) is 4.79 Å². The molecule has 1 aromatic heterocycles. The van der Waals surface area contributed by atoms with Gasteiger partial charge in [-0.25, -0.2) is 0 Å². The molecule has 1 N–H and O–H groups in total. The van der Waals surface area contributed by atoms with Crippen LogP contribution in [0, 0.1) is 55.4 Å². The number of hydrogen-bond donors (Lipinski definition) is 1. The van der Waals surface area contributed by atoms with Crippen LogP contribution >= 0.6 is 0 Å². The first kappa shape index (κ1) is 19.0. The van der Waals surface area contributed by atoms with E-state index in [0.29, 0.717) is 0 Å². The van der Waals surface area contributed by atoms with E-state index in [0.717, 1.165) is 10.9 Å². The molecule has 2 aromatic carbocycles. The van der Waals surface area contributed by atoms with Crippen LogP contribution in [0.15, 0.2) is 60.5 Å². The molecule has 3 rings (SSSR count). The van der Waals surface area contributed by atoms with Gasteiger partial charge in [-0.3, -0.25) is 4.79 Å². The number of aromatic nitrogens is 1. The first-order valence-corrected chi connectivity index (χ1v) is 6.60. The number of benzene rings is 2. The van der Waals surface area contributed by atoms with Crippen LogP contribution in [-0.2, 0) is 4.79 Å². The van der Waals surface area contributed by atoms with Crippen LogP contribution in [-0.4, -0.2) is 15.9 Å². The number of allylic oxidation sites excluding steroid dienone is 2. The van der Waals surface area contributed by atoms with Crippen molar-refractivity contribution in [3.8, 4) is 0 Å². The number of aliphatic hydroxyl groups is 1. The minimum atomic E-state index is -0.125. The molecule has 0 amide bonds. The van der Waals surface area contributed by atoms with Crippen molar-refractivity contribution in [1.29, 1.82) is 0 Å². The van der Waals surface area contributed by atoms with Gasteiger partial charge in [0.2, 0.25) is 0 Å². The molecule has 0 aliphatic heterocycles. The van der Waals surface area contributed by atoms with E-state index in [1.165, 1.54) is 30.7 Å². The molecule has 0 aliphatic rings. The molecule has 1 heterocycles. The summed E-state index contributed by atoms with van der Waals surface area (Å²) in [6.45, 7) is 2.85. The zero-order valence-electron chi connectivity index (χ0n) is 12.4. The molecule has 0 bridgehead atoms. The second-order valence-electron chi connectivity index (χ2n) is 4.67. The minimum absolute atomic E-state index is 0. The van der Waals surface area contributed by atoms with Crippen molar-refractivity contribution in [1.82, 2.24) is 4.98 Å². The number of carbonyl (C=O) groups excluding carboxylic acids is 1. The van der Waals surface area contributed by atoms with Crippen LogP contribution in [0.5, 0.6) is 0 Å². The van der Waals surface area contributed by atoms with Gasteiger partial charge >= 0.3 is 0 Å². The number of pyridine rings is 1. The molecule has 4 heteroatoms. The second-order valence-corrected chi connectivity index (χ2v) is 4.67. The number of ketones is 1. The van der Waals surface area contributed by atoms with Crippen LogP contribution in [0.1, 0.15) is 13.8 Å². The summed E-state index contributed by atoms with van der Waals surface area (Å²) in [5.74, 6) is -0.0625. The van der Waals surface area contributed by atoms with Crippen molar-refractivity contribution in [2.45, 2.75) is 13.8 Å². The molecule has 0 fully saturated rings. The smallest absolute Gasteiger partial charge is 0.155 e. The van der Waals surface area contributed by atoms with Gasteiger partial charge in [-0.05, 0) is 30.8 Å². The normalized spacial score (nSPS) is 10.5. The number of nitrogens with zero attached hydrogens (tertiary/aromatic N) is 1. The number of fused-ring (bicyclic) bond motifs is 3. The molecule has 3 aromatic rings. The summed E-state index contributed by atoms with van der Waals surface area (Å²) >= 11 is 0. The summed E-state index contributed by atoms with van der Waals surface area (Å²) in [5, 5.41) is 11.8. The maximum absolute atomic E-state index is 10.0. The molecule has 0 unspecified atom stereocenters. The third kappa shape index (κ3) is 5.27. The van der Waals surface area contributed by atoms with E-state index in [1.807, 2.05) is 24.4 Å². The summed E-state index contributed by atoms with van der Waals surface area (Å²) in [5.41, 5.74) is 1.03.